The van der Waals surface area contributed by atoms with Gasteiger partial charge in [-0.15, -0.1) is 0 Å². The van der Waals surface area contributed by atoms with Crippen LogP contribution in [0.5, 0.6) is 0 Å². The van der Waals surface area contributed by atoms with Crippen molar-refractivity contribution in [1.82, 2.24) is 0 Å². The van der Waals surface area contributed by atoms with E-state index in [1.165, 1.54) is 109 Å². The van der Waals surface area contributed by atoms with Gasteiger partial charge in [0.05, 0.1) is 19.8 Å². The molecule has 0 aromatic rings. The summed E-state index contributed by atoms with van der Waals surface area (Å²) >= 11 is 0. The zero-order valence-corrected chi connectivity index (χ0v) is 43.4. The van der Waals surface area contributed by atoms with Crippen LogP contribution < -0.4 is 5.73 Å². The van der Waals surface area contributed by atoms with Crippen LogP contribution in [0.15, 0.2) is 85.1 Å². The highest BCUT2D eigenvalue weighted by molar-refractivity contribution is 7.47. The molecule has 0 aromatic heterocycles. The van der Waals surface area contributed by atoms with Crippen LogP contribution in [-0.4, -0.2) is 60.5 Å². The van der Waals surface area contributed by atoms with Gasteiger partial charge in [-0.1, -0.05) is 227 Å². The number of carbonyl (C=O) groups is 2. The SMILES string of the molecule is CC/C=C\C/C=C\C/C=C\C/C=C\C/C=C\C/C=C\C/C=C\CCCCOCC(COP(=O)(O)OCC(N)C(=O)O)OC(=O)CCCCCCCCCCCCCCCCCCCCCCC. The van der Waals surface area contributed by atoms with E-state index < -0.39 is 45.1 Å². The first-order valence-electron chi connectivity index (χ1n) is 26.6. The molecule has 3 unspecified atom stereocenters. The van der Waals surface area contributed by atoms with Crippen molar-refractivity contribution in [1.29, 1.82) is 0 Å². The summed E-state index contributed by atoms with van der Waals surface area (Å²) in [6, 6.07) is -1.48. The molecule has 0 aliphatic carbocycles. The molecular weight excluding hydrogens is 862 g/mol. The monoisotopic (exact) mass is 960 g/mol. The van der Waals surface area contributed by atoms with Crippen LogP contribution in [0.1, 0.15) is 219 Å². The van der Waals surface area contributed by atoms with Crippen LogP contribution in [0.3, 0.4) is 0 Å². The number of carbonyl (C=O) groups excluding carboxylic acids is 1. The average molecular weight is 960 g/mol. The first kappa shape index (κ1) is 64.2. The fourth-order valence-corrected chi connectivity index (χ4v) is 7.89. The molecule has 0 aromatic carbocycles. The van der Waals surface area contributed by atoms with Crippen molar-refractivity contribution in [3.8, 4) is 0 Å². The van der Waals surface area contributed by atoms with E-state index in [1.807, 2.05) is 0 Å². The van der Waals surface area contributed by atoms with E-state index in [4.69, 9.17) is 29.4 Å². The lowest BCUT2D eigenvalue weighted by molar-refractivity contribution is -0.154. The maximum atomic E-state index is 12.7. The number of hydrogen-bond acceptors (Lipinski definition) is 8. The van der Waals surface area contributed by atoms with Crippen LogP contribution in [-0.2, 0) is 32.7 Å². The van der Waals surface area contributed by atoms with Gasteiger partial charge in [-0.2, -0.15) is 0 Å². The fourth-order valence-electron chi connectivity index (χ4n) is 7.11. The fraction of sp³-hybridized carbons (Fsp3) is 0.714. The first-order chi connectivity index (χ1) is 32.7. The first-order valence-corrected chi connectivity index (χ1v) is 28.1. The Kier molecular flexibility index (Phi) is 48.8. The quantitative estimate of drug-likeness (QED) is 0.0232. The molecule has 0 heterocycles. The van der Waals surface area contributed by atoms with Gasteiger partial charge in [0, 0.05) is 13.0 Å². The largest absolute Gasteiger partial charge is 0.480 e. The lowest BCUT2D eigenvalue weighted by Crippen LogP contribution is -2.34. The van der Waals surface area contributed by atoms with Gasteiger partial charge in [-0.3, -0.25) is 18.6 Å². The average Bonchev–Trinajstić information content (AvgIpc) is 3.31. The van der Waals surface area contributed by atoms with Crippen LogP contribution in [0.4, 0.5) is 0 Å². The smallest absolute Gasteiger partial charge is 0.472 e. The van der Waals surface area contributed by atoms with Crippen molar-refractivity contribution >= 4 is 19.8 Å². The lowest BCUT2D eigenvalue weighted by Gasteiger charge is -2.20. The number of phosphoric ester groups is 1. The van der Waals surface area contributed by atoms with Crippen molar-refractivity contribution in [2.24, 2.45) is 5.73 Å². The minimum absolute atomic E-state index is 0.0157. The number of allylic oxidation sites excluding steroid dienone is 14. The summed E-state index contributed by atoms with van der Waals surface area (Å²) in [6.07, 6.45) is 66.5. The third-order valence-corrected chi connectivity index (χ3v) is 12.1. The standard InChI is InChI=1S/C56H98NO9P/c1-3-5-7-9-11-13-15-17-19-21-23-25-26-27-29-31-33-35-37-39-41-43-45-47-49-63-50-53(51-64-67(61,62)65-52-54(57)56(59)60)66-55(58)48-46-44-42-40-38-36-34-32-30-28-24-22-20-18-16-14-12-10-8-6-4-2/h5,7,11,13,17,19,23,25,27,29,33,35,39,41,53-54H,3-4,6,8-10,12,14-16,18,20-22,24,26,28,30-32,34,36-38,40,42-52,57H2,1-2H3,(H,59,60)(H,61,62)/b7-5-,13-11-,19-17-,25-23-,29-27-,35-33-,41-39-. The third kappa shape index (κ3) is 50.8. The molecule has 4 N–H and O–H groups in total. The molecule has 0 fully saturated rings. The molecule has 11 heteroatoms. The number of phosphoric acid groups is 1. The Hall–Kier alpha value is -2.85. The van der Waals surface area contributed by atoms with Crippen molar-refractivity contribution in [3.63, 3.8) is 0 Å². The van der Waals surface area contributed by atoms with Gasteiger partial charge in [0.15, 0.2) is 0 Å². The van der Waals surface area contributed by atoms with E-state index in [2.05, 4.69) is 98.9 Å². The molecule has 0 spiro atoms. The predicted octanol–water partition coefficient (Wildman–Crippen LogP) is 15.9. The number of carboxylic acids is 1. The maximum absolute atomic E-state index is 12.7. The van der Waals surface area contributed by atoms with Gasteiger partial charge in [0.25, 0.3) is 0 Å². The number of rotatable bonds is 50. The van der Waals surface area contributed by atoms with Crippen LogP contribution >= 0.6 is 7.82 Å². The molecule has 0 amide bonds. The van der Waals surface area contributed by atoms with E-state index in [9.17, 15) is 19.0 Å². The van der Waals surface area contributed by atoms with E-state index in [1.54, 1.807) is 0 Å². The Morgan fingerprint density at radius 3 is 1.27 bits per heavy atom. The van der Waals surface area contributed by atoms with E-state index in [0.717, 1.165) is 83.5 Å². The van der Waals surface area contributed by atoms with Gasteiger partial charge in [-0.25, -0.2) is 4.57 Å². The Bertz CT molecular complexity index is 1390. The second kappa shape index (κ2) is 51.0. The summed E-state index contributed by atoms with van der Waals surface area (Å²) in [4.78, 5) is 33.7. The number of unbranched alkanes of at least 4 members (excludes halogenated alkanes) is 22. The molecule has 0 radical (unpaired) electrons. The Morgan fingerprint density at radius 2 is 0.866 bits per heavy atom. The number of carboxylic acid groups (broad SMARTS) is 1. The highest BCUT2D eigenvalue weighted by Gasteiger charge is 2.27. The molecule has 10 nitrogen and oxygen atoms in total. The molecule has 0 bridgehead atoms. The summed E-state index contributed by atoms with van der Waals surface area (Å²) in [5.74, 6) is -1.80. The molecule has 0 aliphatic rings. The highest BCUT2D eigenvalue weighted by Crippen LogP contribution is 2.43. The molecule has 386 valence electrons. The van der Waals surface area contributed by atoms with E-state index in [-0.39, 0.29) is 13.0 Å². The number of nitrogens with two attached hydrogens (primary N) is 1. The molecule has 0 rings (SSSR count). The predicted molar refractivity (Wildman–Crippen MR) is 281 cm³/mol. The Balaban J connectivity index is 4.22. The molecular formula is C56H98NO9P. The van der Waals surface area contributed by atoms with Gasteiger partial charge < -0.3 is 25.2 Å². The summed E-state index contributed by atoms with van der Waals surface area (Å²) in [7, 11) is -4.64. The molecule has 0 saturated heterocycles. The second-order valence-electron chi connectivity index (χ2n) is 17.6. The lowest BCUT2D eigenvalue weighted by atomic mass is 10.0. The molecule has 67 heavy (non-hydrogen) atoms. The van der Waals surface area contributed by atoms with Crippen molar-refractivity contribution in [2.45, 2.75) is 231 Å². The highest BCUT2D eigenvalue weighted by atomic mass is 31.2. The van der Waals surface area contributed by atoms with Crippen molar-refractivity contribution < 1.29 is 42.7 Å². The van der Waals surface area contributed by atoms with Crippen molar-refractivity contribution in [2.75, 3.05) is 26.4 Å². The second-order valence-corrected chi connectivity index (χ2v) is 19.1. The molecule has 0 aliphatic heterocycles. The minimum atomic E-state index is -4.64. The minimum Gasteiger partial charge on any atom is -0.480 e. The zero-order chi connectivity index (χ0) is 49.0. The summed E-state index contributed by atoms with van der Waals surface area (Å²) in [5, 5.41) is 8.94. The number of ether oxygens (including phenoxy) is 2. The topological polar surface area (TPSA) is 155 Å². The van der Waals surface area contributed by atoms with Crippen molar-refractivity contribution in [3.05, 3.63) is 85.1 Å². The maximum Gasteiger partial charge on any atom is 0.472 e. The molecule has 0 saturated carbocycles. The Labute approximate surface area is 409 Å². The normalized spacial score (nSPS) is 14.3. The van der Waals surface area contributed by atoms with Gasteiger partial charge in [0.1, 0.15) is 12.1 Å². The van der Waals surface area contributed by atoms with Gasteiger partial charge in [-0.05, 0) is 70.6 Å². The summed E-state index contributed by atoms with van der Waals surface area (Å²) < 4.78 is 33.5. The number of esters is 1. The zero-order valence-electron chi connectivity index (χ0n) is 42.5. The summed E-state index contributed by atoms with van der Waals surface area (Å²) in [6.45, 7) is 3.68. The van der Waals surface area contributed by atoms with E-state index in [0.29, 0.717) is 13.0 Å². The Morgan fingerprint density at radius 1 is 0.493 bits per heavy atom. The van der Waals surface area contributed by atoms with Crippen LogP contribution in [0.25, 0.3) is 0 Å². The van der Waals surface area contributed by atoms with Crippen LogP contribution in [0, 0.1) is 0 Å². The summed E-state index contributed by atoms with van der Waals surface area (Å²) in [5.41, 5.74) is 5.38. The molecule has 3 atom stereocenters. The van der Waals surface area contributed by atoms with Crippen LogP contribution in [0.2, 0.25) is 0 Å². The third-order valence-electron chi connectivity index (χ3n) is 11.2. The van der Waals surface area contributed by atoms with E-state index >= 15 is 0 Å². The van der Waals surface area contributed by atoms with Gasteiger partial charge in [0.2, 0.25) is 0 Å². The number of hydrogen-bond donors (Lipinski definition) is 3. The van der Waals surface area contributed by atoms with Gasteiger partial charge >= 0.3 is 19.8 Å². The number of aliphatic carboxylic acids is 1.